The number of rotatable bonds is 6. The van der Waals surface area contributed by atoms with Gasteiger partial charge in [-0.05, 0) is 49.6 Å². The van der Waals surface area contributed by atoms with E-state index < -0.39 is 4.92 Å². The lowest BCUT2D eigenvalue weighted by Gasteiger charge is -2.19. The van der Waals surface area contributed by atoms with Gasteiger partial charge in [-0.25, -0.2) is 0 Å². The van der Waals surface area contributed by atoms with Crippen molar-refractivity contribution in [3.8, 4) is 0 Å². The molecule has 0 aliphatic rings. The van der Waals surface area contributed by atoms with Crippen LogP contribution in [0.25, 0.3) is 0 Å². The molecule has 0 bridgehead atoms. The molecule has 1 aromatic heterocycles. The summed E-state index contributed by atoms with van der Waals surface area (Å²) in [5.74, 6) is -0.0541. The monoisotopic (exact) mass is 392 g/mol. The molecule has 0 unspecified atom stereocenters. The zero-order valence-electron chi connectivity index (χ0n) is 17.0. The fourth-order valence-electron chi connectivity index (χ4n) is 3.37. The summed E-state index contributed by atoms with van der Waals surface area (Å²) in [5, 5.41) is 15.4. The number of nitro groups is 1. The first kappa shape index (κ1) is 20.3. The van der Waals surface area contributed by atoms with E-state index in [1.54, 1.807) is 42.6 Å². The normalized spacial score (nSPS) is 10.8. The first-order valence-corrected chi connectivity index (χ1v) is 9.35. The number of carbonyl (C=O) groups excluding carboxylic acids is 1. The molecule has 3 aromatic rings. The maximum absolute atomic E-state index is 12.7. The molecule has 2 aromatic carbocycles. The Morgan fingerprint density at radius 2 is 1.76 bits per heavy atom. The molecule has 0 aliphatic carbocycles. The molecule has 0 atom stereocenters. The molecular weight excluding hydrogens is 368 g/mol. The van der Waals surface area contributed by atoms with Crippen LogP contribution in [0, 0.1) is 30.9 Å². The van der Waals surface area contributed by atoms with E-state index >= 15 is 0 Å². The molecule has 1 heterocycles. The standard InChI is InChI=1S/C22H24N4O3/c1-15-7-5-6-8-20(15)14-24(4)22(27)19-11-9-18(10-12-19)13-25-17(3)21(26(28)29)16(2)23-25/h5-12H,13-14H2,1-4H3. The van der Waals surface area contributed by atoms with Crippen LogP contribution < -0.4 is 0 Å². The van der Waals surface area contributed by atoms with Crippen molar-refractivity contribution in [3.05, 3.63) is 92.3 Å². The average molecular weight is 392 g/mol. The van der Waals surface area contributed by atoms with Crippen LogP contribution in [-0.4, -0.2) is 32.6 Å². The van der Waals surface area contributed by atoms with Crippen LogP contribution in [0.1, 0.15) is 38.4 Å². The minimum absolute atomic E-state index is 0.0506. The predicted molar refractivity (Wildman–Crippen MR) is 111 cm³/mol. The smallest absolute Gasteiger partial charge is 0.312 e. The zero-order chi connectivity index (χ0) is 21.1. The second-order valence-electron chi connectivity index (χ2n) is 7.22. The SMILES string of the molecule is Cc1ccccc1CN(C)C(=O)c1ccc(Cn2nc(C)c([N+](=O)[O-])c2C)cc1. The second-order valence-corrected chi connectivity index (χ2v) is 7.22. The fourth-order valence-corrected chi connectivity index (χ4v) is 3.37. The van der Waals surface area contributed by atoms with Gasteiger partial charge >= 0.3 is 5.69 Å². The summed E-state index contributed by atoms with van der Waals surface area (Å²) in [6.45, 7) is 6.31. The molecule has 0 N–H and O–H groups in total. The van der Waals surface area contributed by atoms with E-state index in [1.165, 1.54) is 0 Å². The van der Waals surface area contributed by atoms with Crippen molar-refractivity contribution in [2.75, 3.05) is 7.05 Å². The largest absolute Gasteiger partial charge is 0.337 e. The van der Waals surface area contributed by atoms with Crippen molar-refractivity contribution in [2.45, 2.75) is 33.9 Å². The average Bonchev–Trinajstić information content (AvgIpc) is 2.96. The van der Waals surface area contributed by atoms with Crippen molar-refractivity contribution < 1.29 is 9.72 Å². The van der Waals surface area contributed by atoms with Crippen LogP contribution in [0.4, 0.5) is 5.69 Å². The van der Waals surface area contributed by atoms with Crippen LogP contribution in [0.15, 0.2) is 48.5 Å². The van der Waals surface area contributed by atoms with E-state index in [-0.39, 0.29) is 11.6 Å². The number of nitrogens with zero attached hydrogens (tertiary/aromatic N) is 4. The first-order valence-electron chi connectivity index (χ1n) is 9.35. The Labute approximate surface area is 169 Å². The molecule has 0 radical (unpaired) electrons. The highest BCUT2D eigenvalue weighted by Crippen LogP contribution is 2.22. The molecular formula is C22H24N4O3. The van der Waals surface area contributed by atoms with Gasteiger partial charge in [-0.15, -0.1) is 0 Å². The number of carbonyl (C=O) groups is 1. The number of aryl methyl sites for hydroxylation is 2. The predicted octanol–water partition coefficient (Wildman–Crippen LogP) is 4.04. The third kappa shape index (κ3) is 4.34. The van der Waals surface area contributed by atoms with Crippen LogP contribution in [-0.2, 0) is 13.1 Å². The lowest BCUT2D eigenvalue weighted by atomic mass is 10.1. The highest BCUT2D eigenvalue weighted by molar-refractivity contribution is 5.94. The van der Waals surface area contributed by atoms with Gasteiger partial charge < -0.3 is 4.90 Å². The summed E-state index contributed by atoms with van der Waals surface area (Å²) < 4.78 is 1.62. The van der Waals surface area contributed by atoms with E-state index in [9.17, 15) is 14.9 Å². The van der Waals surface area contributed by atoms with E-state index in [0.717, 1.165) is 16.7 Å². The topological polar surface area (TPSA) is 81.3 Å². The number of aromatic nitrogens is 2. The minimum atomic E-state index is -0.403. The van der Waals surface area contributed by atoms with Gasteiger partial charge in [0.05, 0.1) is 11.5 Å². The first-order chi connectivity index (χ1) is 13.8. The zero-order valence-corrected chi connectivity index (χ0v) is 17.0. The molecule has 7 nitrogen and oxygen atoms in total. The Balaban J connectivity index is 1.71. The van der Waals surface area contributed by atoms with Crippen molar-refractivity contribution in [1.29, 1.82) is 0 Å². The lowest BCUT2D eigenvalue weighted by Crippen LogP contribution is -2.26. The van der Waals surface area contributed by atoms with Crippen LogP contribution in [0.3, 0.4) is 0 Å². The Hall–Kier alpha value is -3.48. The second kappa shape index (κ2) is 8.26. The van der Waals surface area contributed by atoms with E-state index in [4.69, 9.17) is 0 Å². The Bertz CT molecular complexity index is 1050. The maximum atomic E-state index is 12.7. The third-order valence-electron chi connectivity index (χ3n) is 5.07. The molecule has 0 aliphatic heterocycles. The summed E-state index contributed by atoms with van der Waals surface area (Å²) in [7, 11) is 1.79. The van der Waals surface area contributed by atoms with Crippen molar-refractivity contribution in [1.82, 2.24) is 14.7 Å². The van der Waals surface area contributed by atoms with Gasteiger partial charge in [0, 0.05) is 19.2 Å². The summed E-state index contributed by atoms with van der Waals surface area (Å²) in [5.41, 5.74) is 4.76. The molecule has 0 saturated carbocycles. The van der Waals surface area contributed by atoms with Crippen molar-refractivity contribution >= 4 is 11.6 Å². The summed E-state index contributed by atoms with van der Waals surface area (Å²) in [6, 6.07) is 15.3. The van der Waals surface area contributed by atoms with Crippen molar-refractivity contribution in [3.63, 3.8) is 0 Å². The molecule has 7 heteroatoms. The van der Waals surface area contributed by atoms with E-state index in [1.807, 2.05) is 43.3 Å². The molecule has 0 spiro atoms. The minimum Gasteiger partial charge on any atom is -0.337 e. The molecule has 3 rings (SSSR count). The third-order valence-corrected chi connectivity index (χ3v) is 5.07. The molecule has 0 saturated heterocycles. The fraction of sp³-hybridized carbons (Fsp3) is 0.273. The van der Waals surface area contributed by atoms with Gasteiger partial charge in [-0.3, -0.25) is 19.6 Å². The number of amides is 1. The molecule has 150 valence electrons. The highest BCUT2D eigenvalue weighted by Gasteiger charge is 2.21. The van der Waals surface area contributed by atoms with Gasteiger partial charge in [0.1, 0.15) is 11.4 Å². The molecule has 29 heavy (non-hydrogen) atoms. The molecule has 0 fully saturated rings. The van der Waals surface area contributed by atoms with Crippen LogP contribution in [0.5, 0.6) is 0 Å². The lowest BCUT2D eigenvalue weighted by molar-refractivity contribution is -0.386. The number of hydrogen-bond donors (Lipinski definition) is 0. The quantitative estimate of drug-likeness (QED) is 0.468. The summed E-state index contributed by atoms with van der Waals surface area (Å²) in [4.78, 5) is 25.2. The number of benzene rings is 2. The van der Waals surface area contributed by atoms with E-state index in [2.05, 4.69) is 5.10 Å². The van der Waals surface area contributed by atoms with Crippen LogP contribution in [0.2, 0.25) is 0 Å². The Kier molecular flexibility index (Phi) is 5.77. The highest BCUT2D eigenvalue weighted by atomic mass is 16.6. The Morgan fingerprint density at radius 1 is 1.10 bits per heavy atom. The van der Waals surface area contributed by atoms with Gasteiger partial charge in [0.25, 0.3) is 5.91 Å². The summed E-state index contributed by atoms with van der Waals surface area (Å²) >= 11 is 0. The Morgan fingerprint density at radius 3 is 2.34 bits per heavy atom. The van der Waals surface area contributed by atoms with Gasteiger partial charge in [0.15, 0.2) is 0 Å². The van der Waals surface area contributed by atoms with Crippen LogP contribution >= 0.6 is 0 Å². The molecule has 1 amide bonds. The van der Waals surface area contributed by atoms with Gasteiger partial charge in [-0.2, -0.15) is 5.10 Å². The van der Waals surface area contributed by atoms with Crippen molar-refractivity contribution in [2.24, 2.45) is 0 Å². The maximum Gasteiger partial charge on any atom is 0.312 e. The van der Waals surface area contributed by atoms with Gasteiger partial charge in [0.2, 0.25) is 0 Å². The van der Waals surface area contributed by atoms with E-state index in [0.29, 0.717) is 30.0 Å². The van der Waals surface area contributed by atoms with Gasteiger partial charge in [-0.1, -0.05) is 36.4 Å². The number of hydrogen-bond acceptors (Lipinski definition) is 4. The summed E-state index contributed by atoms with van der Waals surface area (Å²) in [6.07, 6.45) is 0.